The molecular formula is C23H31N5O. The maximum atomic E-state index is 6.02. The zero-order valence-corrected chi connectivity index (χ0v) is 16.9. The Balaban J connectivity index is 1.50. The van der Waals surface area contributed by atoms with Gasteiger partial charge in [0.05, 0.1) is 6.61 Å². The topological polar surface area (TPSA) is 78.3 Å². The maximum absolute atomic E-state index is 6.02. The maximum Gasteiger partial charge on any atom is 0.123 e. The Morgan fingerprint density at radius 2 is 1.86 bits per heavy atom. The summed E-state index contributed by atoms with van der Waals surface area (Å²) in [6.07, 6.45) is 2.84. The molecular weight excluding hydrogens is 362 g/mol. The monoisotopic (exact) mass is 393 g/mol. The Morgan fingerprint density at radius 1 is 1.03 bits per heavy atom. The van der Waals surface area contributed by atoms with Gasteiger partial charge in [-0.3, -0.25) is 4.90 Å². The third-order valence-electron chi connectivity index (χ3n) is 5.41. The van der Waals surface area contributed by atoms with Crippen LogP contribution in [0.4, 0.5) is 0 Å². The fourth-order valence-electron chi connectivity index (χ4n) is 3.75. The molecule has 0 unspecified atom stereocenters. The lowest BCUT2D eigenvalue weighted by Gasteiger charge is -2.27. The van der Waals surface area contributed by atoms with Crippen molar-refractivity contribution in [1.82, 2.24) is 20.5 Å². The minimum Gasteiger partial charge on any atom is -0.493 e. The van der Waals surface area contributed by atoms with Crippen molar-refractivity contribution < 1.29 is 4.74 Å². The van der Waals surface area contributed by atoms with Gasteiger partial charge in [-0.05, 0) is 59.8 Å². The average Bonchev–Trinajstić information content (AvgIpc) is 3.23. The summed E-state index contributed by atoms with van der Waals surface area (Å²) in [7, 11) is 0. The van der Waals surface area contributed by atoms with Gasteiger partial charge < -0.3 is 26.1 Å². The van der Waals surface area contributed by atoms with Gasteiger partial charge in [-0.1, -0.05) is 12.1 Å². The van der Waals surface area contributed by atoms with Crippen molar-refractivity contribution in [1.29, 1.82) is 0 Å². The van der Waals surface area contributed by atoms with E-state index in [1.165, 1.54) is 22.1 Å². The summed E-state index contributed by atoms with van der Waals surface area (Å²) in [4.78, 5) is 5.70. The fraction of sp³-hybridized carbons (Fsp3) is 0.391. The quantitative estimate of drug-likeness (QED) is 0.420. The summed E-state index contributed by atoms with van der Waals surface area (Å²) in [5.41, 5.74) is 10.4. The normalized spacial score (nSPS) is 15.1. The number of piperazine rings is 1. The number of rotatable bonds is 9. The van der Waals surface area contributed by atoms with Crippen LogP contribution >= 0.6 is 0 Å². The second kappa shape index (κ2) is 9.89. The first-order chi connectivity index (χ1) is 14.3. The van der Waals surface area contributed by atoms with Crippen LogP contribution in [0.2, 0.25) is 0 Å². The van der Waals surface area contributed by atoms with Crippen LogP contribution in [-0.2, 0) is 6.54 Å². The molecule has 4 rings (SSSR count). The summed E-state index contributed by atoms with van der Waals surface area (Å²) in [6.45, 7) is 7.26. The van der Waals surface area contributed by atoms with Gasteiger partial charge in [0, 0.05) is 56.7 Å². The van der Waals surface area contributed by atoms with E-state index >= 15 is 0 Å². The lowest BCUT2D eigenvalue weighted by Crippen LogP contribution is -2.46. The van der Waals surface area contributed by atoms with Crippen LogP contribution in [0.5, 0.6) is 5.75 Å². The molecule has 2 aromatic carbocycles. The van der Waals surface area contributed by atoms with Crippen LogP contribution in [0.1, 0.15) is 12.0 Å². The highest BCUT2D eigenvalue weighted by molar-refractivity contribution is 5.85. The fourth-order valence-corrected chi connectivity index (χ4v) is 3.75. The van der Waals surface area contributed by atoms with Gasteiger partial charge in [0.15, 0.2) is 0 Å². The summed E-state index contributed by atoms with van der Waals surface area (Å²) in [5, 5.41) is 8.22. The molecule has 6 nitrogen and oxygen atoms in total. The van der Waals surface area contributed by atoms with Crippen LogP contribution in [0.3, 0.4) is 0 Å². The van der Waals surface area contributed by atoms with Crippen molar-refractivity contribution >= 4 is 10.9 Å². The molecule has 2 heterocycles. The van der Waals surface area contributed by atoms with E-state index in [-0.39, 0.29) is 0 Å². The number of hydrogen-bond acceptors (Lipinski definition) is 5. The molecule has 154 valence electrons. The highest BCUT2D eigenvalue weighted by Gasteiger charge is 2.11. The molecule has 0 aliphatic carbocycles. The standard InChI is InChI=1S/C23H31N5O/c24-7-1-13-29-23-5-3-19(18-2-4-22-20(14-18)6-8-27-22)15-21(23)16-26-17-28-11-9-25-10-12-28/h2-6,8,14-15,25-27H,1,7,9-13,16-17,24H2. The molecule has 1 fully saturated rings. The van der Waals surface area contributed by atoms with Crippen molar-refractivity contribution in [2.24, 2.45) is 5.73 Å². The number of nitrogens with zero attached hydrogens (tertiary/aromatic N) is 1. The predicted octanol–water partition coefficient (Wildman–Crippen LogP) is 2.51. The Labute approximate surface area is 172 Å². The van der Waals surface area contributed by atoms with Crippen molar-refractivity contribution in [3.05, 3.63) is 54.2 Å². The van der Waals surface area contributed by atoms with Crippen molar-refractivity contribution in [3.8, 4) is 16.9 Å². The van der Waals surface area contributed by atoms with E-state index in [4.69, 9.17) is 10.5 Å². The van der Waals surface area contributed by atoms with E-state index in [9.17, 15) is 0 Å². The largest absolute Gasteiger partial charge is 0.493 e. The third-order valence-corrected chi connectivity index (χ3v) is 5.41. The molecule has 1 saturated heterocycles. The summed E-state index contributed by atoms with van der Waals surface area (Å²) < 4.78 is 6.02. The SMILES string of the molecule is NCCCOc1ccc(-c2ccc3[nH]ccc3c2)cc1CNCN1CCNCC1. The number of hydrogen-bond donors (Lipinski definition) is 4. The molecule has 6 heteroatoms. The second-order valence-electron chi connectivity index (χ2n) is 7.55. The Hall–Kier alpha value is -2.38. The van der Waals surface area contributed by atoms with Crippen LogP contribution in [-0.4, -0.2) is 55.9 Å². The molecule has 3 aromatic rings. The van der Waals surface area contributed by atoms with Gasteiger partial charge in [-0.25, -0.2) is 0 Å². The van der Waals surface area contributed by atoms with Gasteiger partial charge in [0.1, 0.15) is 5.75 Å². The van der Waals surface area contributed by atoms with Crippen molar-refractivity contribution in [2.45, 2.75) is 13.0 Å². The molecule has 0 atom stereocenters. The minimum atomic E-state index is 0.644. The first kappa shape index (κ1) is 19.9. The summed E-state index contributed by atoms with van der Waals surface area (Å²) in [6, 6.07) is 15.1. The van der Waals surface area contributed by atoms with Crippen LogP contribution in [0, 0.1) is 0 Å². The molecule has 1 aliphatic rings. The summed E-state index contributed by atoms with van der Waals surface area (Å²) in [5.74, 6) is 0.942. The number of aromatic nitrogens is 1. The predicted molar refractivity (Wildman–Crippen MR) is 119 cm³/mol. The molecule has 0 amide bonds. The number of nitrogens with one attached hydrogen (secondary N) is 3. The Morgan fingerprint density at radius 3 is 2.72 bits per heavy atom. The van der Waals surface area contributed by atoms with Gasteiger partial charge >= 0.3 is 0 Å². The molecule has 1 aliphatic heterocycles. The van der Waals surface area contributed by atoms with E-state index in [1.54, 1.807) is 0 Å². The van der Waals surface area contributed by atoms with Crippen LogP contribution in [0.25, 0.3) is 22.0 Å². The molecule has 29 heavy (non-hydrogen) atoms. The van der Waals surface area contributed by atoms with Gasteiger partial charge in [0.25, 0.3) is 0 Å². The first-order valence-electron chi connectivity index (χ1n) is 10.5. The average molecular weight is 394 g/mol. The lowest BCUT2D eigenvalue weighted by molar-refractivity contribution is 0.222. The van der Waals surface area contributed by atoms with Crippen LogP contribution < -0.4 is 21.1 Å². The van der Waals surface area contributed by atoms with Crippen molar-refractivity contribution in [2.75, 3.05) is 46.0 Å². The smallest absolute Gasteiger partial charge is 0.123 e. The van der Waals surface area contributed by atoms with E-state index < -0.39 is 0 Å². The third kappa shape index (κ3) is 5.16. The summed E-state index contributed by atoms with van der Waals surface area (Å²) >= 11 is 0. The number of aromatic amines is 1. The van der Waals surface area contributed by atoms with E-state index in [2.05, 4.69) is 63.0 Å². The number of nitrogens with two attached hydrogens (primary N) is 1. The highest BCUT2D eigenvalue weighted by Crippen LogP contribution is 2.29. The zero-order chi connectivity index (χ0) is 19.9. The van der Waals surface area contributed by atoms with Crippen LogP contribution in [0.15, 0.2) is 48.7 Å². The van der Waals surface area contributed by atoms with E-state index in [0.29, 0.717) is 13.2 Å². The molecule has 0 spiro atoms. The Bertz CT molecular complexity index is 917. The molecule has 5 N–H and O–H groups in total. The number of fused-ring (bicyclic) bond motifs is 1. The zero-order valence-electron chi connectivity index (χ0n) is 16.9. The highest BCUT2D eigenvalue weighted by atomic mass is 16.5. The first-order valence-corrected chi connectivity index (χ1v) is 10.5. The van der Waals surface area contributed by atoms with Gasteiger partial charge in [-0.15, -0.1) is 0 Å². The van der Waals surface area contributed by atoms with Crippen molar-refractivity contribution in [3.63, 3.8) is 0 Å². The van der Waals surface area contributed by atoms with E-state index in [1.807, 2.05) is 6.20 Å². The number of benzene rings is 2. The van der Waals surface area contributed by atoms with Gasteiger partial charge in [0.2, 0.25) is 0 Å². The lowest BCUT2D eigenvalue weighted by atomic mass is 10.0. The molecule has 0 saturated carbocycles. The molecule has 1 aromatic heterocycles. The Kier molecular flexibility index (Phi) is 6.79. The molecule has 0 radical (unpaired) electrons. The second-order valence-corrected chi connectivity index (χ2v) is 7.55. The number of H-pyrrole nitrogens is 1. The molecule has 0 bridgehead atoms. The number of ether oxygens (including phenoxy) is 1. The minimum absolute atomic E-state index is 0.644. The van der Waals surface area contributed by atoms with E-state index in [0.717, 1.165) is 57.1 Å². The van der Waals surface area contributed by atoms with Gasteiger partial charge in [-0.2, -0.15) is 0 Å².